The van der Waals surface area contributed by atoms with Crippen LogP contribution in [-0.4, -0.2) is 18.3 Å². The maximum atomic E-state index is 10.5. The van der Waals surface area contributed by atoms with Gasteiger partial charge in [-0.2, -0.15) is 4.79 Å². The van der Waals surface area contributed by atoms with E-state index in [1.54, 1.807) is 0 Å². The molecule has 0 spiro atoms. The summed E-state index contributed by atoms with van der Waals surface area (Å²) in [6, 6.07) is 0. The molecule has 0 saturated heterocycles. The predicted molar refractivity (Wildman–Crippen MR) is 32.6 cm³/mol. The lowest BCUT2D eigenvalue weighted by molar-refractivity contribution is 0.427. The molecule has 1 aliphatic heterocycles. The van der Waals surface area contributed by atoms with Crippen molar-refractivity contribution in [3.63, 3.8) is 0 Å². The number of nitrogen functional groups attached to an aromatic ring is 1. The maximum absolute atomic E-state index is 10.5. The zero-order chi connectivity index (χ0) is 8.06. The molecule has 7 nitrogen and oxygen atoms in total. The Kier molecular flexibility index (Phi) is 0.906. The van der Waals surface area contributed by atoms with Gasteiger partial charge in [-0.15, -0.1) is 13.5 Å². The summed E-state index contributed by atoms with van der Waals surface area (Å²) in [5.74, 6) is 5.00. The van der Waals surface area contributed by atoms with Gasteiger partial charge in [-0.25, -0.2) is 0 Å². The van der Waals surface area contributed by atoms with Crippen LogP contribution in [-0.2, 0) is 10.4 Å². The van der Waals surface area contributed by atoms with E-state index in [1.165, 1.54) is 6.20 Å². The number of hydrogen-bond acceptors (Lipinski definition) is 6. The summed E-state index contributed by atoms with van der Waals surface area (Å²) >= 11 is 0. The van der Waals surface area contributed by atoms with Crippen LogP contribution in [0.15, 0.2) is 6.20 Å². The molecular formula is C3H3N3O4S. The van der Waals surface area contributed by atoms with E-state index in [9.17, 15) is 8.42 Å². The van der Waals surface area contributed by atoms with E-state index in [1.807, 2.05) is 0 Å². The van der Waals surface area contributed by atoms with Crippen molar-refractivity contribution < 1.29 is 16.8 Å². The molecular weight excluding hydrogens is 174 g/mol. The van der Waals surface area contributed by atoms with E-state index in [-0.39, 0.29) is 11.6 Å². The first-order chi connectivity index (χ1) is 5.07. The second kappa shape index (κ2) is 1.59. The third-order valence-electron chi connectivity index (χ3n) is 1.04. The van der Waals surface area contributed by atoms with Gasteiger partial charge in [0.2, 0.25) is 5.75 Å². The Labute approximate surface area is 61.6 Å². The number of fused-ring (bicyclic) bond motifs is 1. The maximum Gasteiger partial charge on any atom is 0.502 e. The van der Waals surface area contributed by atoms with E-state index in [0.29, 0.717) is 0 Å². The summed E-state index contributed by atoms with van der Waals surface area (Å²) in [6.45, 7) is 0. The third kappa shape index (κ3) is 0.871. The van der Waals surface area contributed by atoms with Crippen molar-refractivity contribution in [1.29, 1.82) is 0 Å². The van der Waals surface area contributed by atoms with E-state index in [0.717, 1.165) is 4.79 Å². The number of rotatable bonds is 0. The minimum absolute atomic E-state index is 0.00694. The molecule has 1 aromatic rings. The van der Waals surface area contributed by atoms with E-state index >= 15 is 0 Å². The quantitative estimate of drug-likeness (QED) is 0.490. The van der Waals surface area contributed by atoms with E-state index in [2.05, 4.69) is 13.5 Å². The Balaban J connectivity index is 2.53. The van der Waals surface area contributed by atoms with Crippen LogP contribution < -0.4 is 14.2 Å². The summed E-state index contributed by atoms with van der Waals surface area (Å²) in [4.78, 5) is 0.902. The van der Waals surface area contributed by atoms with Crippen LogP contribution in [0.2, 0.25) is 0 Å². The summed E-state index contributed by atoms with van der Waals surface area (Å²) < 4.78 is 29.6. The van der Waals surface area contributed by atoms with Crippen LogP contribution in [0.5, 0.6) is 11.6 Å². The zero-order valence-corrected chi connectivity index (χ0v) is 5.91. The van der Waals surface area contributed by atoms with Gasteiger partial charge in [0.25, 0.3) is 0 Å². The average molecular weight is 177 g/mol. The number of aromatic nitrogens is 2. The van der Waals surface area contributed by atoms with Gasteiger partial charge < -0.3 is 14.2 Å². The van der Waals surface area contributed by atoms with Gasteiger partial charge in [-0.05, 0) is 0 Å². The van der Waals surface area contributed by atoms with Crippen molar-refractivity contribution in [1.82, 2.24) is 9.89 Å². The number of nitrogens with zero attached hydrogens (tertiary/aromatic N) is 2. The molecule has 0 saturated carbocycles. The highest BCUT2D eigenvalue weighted by Gasteiger charge is 2.31. The second-order valence-electron chi connectivity index (χ2n) is 1.85. The largest absolute Gasteiger partial charge is 0.502 e. The Morgan fingerprint density at radius 3 is 2.91 bits per heavy atom. The lowest BCUT2D eigenvalue weighted by Crippen LogP contribution is -2.13. The molecule has 8 heteroatoms. The first-order valence-electron chi connectivity index (χ1n) is 2.55. The van der Waals surface area contributed by atoms with Gasteiger partial charge in [0, 0.05) is 0 Å². The number of nitrogens with two attached hydrogens (primary N) is 1. The summed E-state index contributed by atoms with van der Waals surface area (Å²) in [7, 11) is -3.91. The molecule has 0 amide bonds. The fourth-order valence-electron chi connectivity index (χ4n) is 0.697. The smallest absolute Gasteiger partial charge is 0.345 e. The minimum Gasteiger partial charge on any atom is -0.345 e. The Morgan fingerprint density at radius 1 is 1.55 bits per heavy atom. The monoisotopic (exact) mass is 177 g/mol. The molecule has 0 atom stereocenters. The number of hydrogen-bond donors (Lipinski definition) is 1. The van der Waals surface area contributed by atoms with Crippen LogP contribution in [0, 0.1) is 0 Å². The lowest BCUT2D eigenvalue weighted by atomic mass is 10.6. The second-order valence-corrected chi connectivity index (χ2v) is 3.00. The van der Waals surface area contributed by atoms with Crippen LogP contribution in [0.3, 0.4) is 0 Å². The minimum atomic E-state index is -3.91. The van der Waals surface area contributed by atoms with Crippen molar-refractivity contribution in [3.05, 3.63) is 6.20 Å². The molecule has 0 fully saturated rings. The third-order valence-corrected chi connectivity index (χ3v) is 1.79. The molecule has 1 aliphatic rings. The average Bonchev–Trinajstić information content (AvgIpc) is 2.17. The standard InChI is InChI=1S/C3H3N3O4S/c4-6-1-2-3(5-6)10-11(7,8)9-2/h1H,4H2. The normalized spacial score (nSPS) is 18.5. The molecule has 60 valence electrons. The van der Waals surface area contributed by atoms with E-state index < -0.39 is 10.4 Å². The Hall–Kier alpha value is -1.44. The van der Waals surface area contributed by atoms with Gasteiger partial charge in [-0.1, -0.05) is 0 Å². The molecule has 2 rings (SSSR count). The van der Waals surface area contributed by atoms with Crippen molar-refractivity contribution in [2.75, 3.05) is 5.84 Å². The highest BCUT2D eigenvalue weighted by atomic mass is 32.3. The first-order valence-corrected chi connectivity index (χ1v) is 3.89. The molecule has 0 radical (unpaired) electrons. The van der Waals surface area contributed by atoms with Crippen LogP contribution in [0.1, 0.15) is 0 Å². The molecule has 0 unspecified atom stereocenters. The summed E-state index contributed by atoms with van der Waals surface area (Å²) in [6.07, 6.45) is 1.19. The fraction of sp³-hybridized carbons (Fsp3) is 0. The van der Waals surface area contributed by atoms with Gasteiger partial charge in [0.1, 0.15) is 0 Å². The lowest BCUT2D eigenvalue weighted by Gasteiger charge is -1.91. The highest BCUT2D eigenvalue weighted by Crippen LogP contribution is 2.32. The van der Waals surface area contributed by atoms with Crippen LogP contribution in [0.25, 0.3) is 0 Å². The van der Waals surface area contributed by atoms with Crippen LogP contribution in [0.4, 0.5) is 0 Å². The Morgan fingerprint density at radius 2 is 2.27 bits per heavy atom. The zero-order valence-electron chi connectivity index (χ0n) is 5.09. The van der Waals surface area contributed by atoms with Crippen molar-refractivity contribution in [2.45, 2.75) is 0 Å². The fourth-order valence-corrected chi connectivity index (χ4v) is 1.37. The van der Waals surface area contributed by atoms with Gasteiger partial charge in [0.15, 0.2) is 0 Å². The van der Waals surface area contributed by atoms with Gasteiger partial charge in [-0.3, -0.25) is 0 Å². The molecule has 2 N–H and O–H groups in total. The van der Waals surface area contributed by atoms with E-state index in [4.69, 9.17) is 5.84 Å². The molecule has 0 bridgehead atoms. The van der Waals surface area contributed by atoms with Crippen molar-refractivity contribution >= 4 is 10.4 Å². The van der Waals surface area contributed by atoms with Crippen molar-refractivity contribution in [3.8, 4) is 11.6 Å². The molecule has 0 aromatic carbocycles. The summed E-state index contributed by atoms with van der Waals surface area (Å²) in [5, 5.41) is 3.45. The Bertz CT molecular complexity index is 363. The van der Waals surface area contributed by atoms with Crippen molar-refractivity contribution in [2.24, 2.45) is 0 Å². The van der Waals surface area contributed by atoms with Crippen LogP contribution >= 0.6 is 0 Å². The molecule has 2 heterocycles. The first kappa shape index (κ1) is 6.28. The van der Waals surface area contributed by atoms with Gasteiger partial charge >= 0.3 is 16.3 Å². The topological polar surface area (TPSA) is 96.4 Å². The molecule has 11 heavy (non-hydrogen) atoms. The molecule has 1 aromatic heterocycles. The predicted octanol–water partition coefficient (Wildman–Crippen LogP) is -1.39. The highest BCUT2D eigenvalue weighted by molar-refractivity contribution is 7.82. The van der Waals surface area contributed by atoms with Gasteiger partial charge in [0.05, 0.1) is 6.20 Å². The molecule has 0 aliphatic carbocycles. The SMILES string of the molecule is Nn1cc2c(n1)OS(=O)(=O)O2. The summed E-state index contributed by atoms with van der Waals surface area (Å²) in [5.41, 5.74) is 0.